The average molecular weight is 606 g/mol. The van der Waals surface area contributed by atoms with Gasteiger partial charge >= 0.3 is 0 Å². The number of hydrogen-bond donors (Lipinski definition) is 1. The molecule has 44 heavy (non-hydrogen) atoms. The number of anilines is 1. The Balaban J connectivity index is 0.000000234. The fourth-order valence-corrected chi connectivity index (χ4v) is 5.12. The van der Waals surface area contributed by atoms with Crippen LogP contribution in [0.2, 0.25) is 0 Å². The van der Waals surface area contributed by atoms with E-state index in [4.69, 9.17) is 15.2 Å². The van der Waals surface area contributed by atoms with E-state index in [1.54, 1.807) is 30.3 Å². The van der Waals surface area contributed by atoms with Crippen LogP contribution in [0, 0.1) is 5.82 Å². The van der Waals surface area contributed by atoms with Crippen molar-refractivity contribution < 1.29 is 23.0 Å². The minimum absolute atomic E-state index is 0.248. The van der Waals surface area contributed by atoms with Crippen LogP contribution in [0.15, 0.2) is 73.3 Å². The molecular formula is C38H49F2NO3. The maximum absolute atomic E-state index is 14.4. The van der Waals surface area contributed by atoms with Gasteiger partial charge in [0.25, 0.3) is 0 Å². The van der Waals surface area contributed by atoms with Crippen molar-refractivity contribution in [3.8, 4) is 5.75 Å². The van der Waals surface area contributed by atoms with Crippen molar-refractivity contribution in [1.29, 1.82) is 0 Å². The van der Waals surface area contributed by atoms with Gasteiger partial charge in [0.05, 0.1) is 13.2 Å². The summed E-state index contributed by atoms with van der Waals surface area (Å²) in [4.78, 5) is 11.1. The number of alkyl halides is 1. The van der Waals surface area contributed by atoms with Gasteiger partial charge in [0.15, 0.2) is 23.0 Å². The summed E-state index contributed by atoms with van der Waals surface area (Å²) in [6.45, 7) is 11.7. The Labute approximate surface area is 262 Å². The van der Waals surface area contributed by atoms with Gasteiger partial charge in [-0.2, -0.15) is 0 Å². The molecule has 238 valence electrons. The van der Waals surface area contributed by atoms with E-state index in [-0.39, 0.29) is 5.75 Å². The Morgan fingerprint density at radius 2 is 1.59 bits per heavy atom. The molecule has 1 saturated heterocycles. The molecule has 2 N–H and O–H groups in total. The minimum atomic E-state index is -1.88. The second-order valence-corrected chi connectivity index (χ2v) is 11.8. The number of halogens is 2. The number of rotatable bonds is 9. The van der Waals surface area contributed by atoms with Crippen LogP contribution >= 0.6 is 0 Å². The fraction of sp³-hybridized carbons (Fsp3) is 0.447. The molecule has 1 saturated carbocycles. The number of aryl methyl sites for hydroxylation is 2. The fourth-order valence-electron chi connectivity index (χ4n) is 5.12. The molecule has 5 rings (SSSR count). The van der Waals surface area contributed by atoms with E-state index in [1.165, 1.54) is 56.7 Å². The third-order valence-corrected chi connectivity index (χ3v) is 8.55. The summed E-state index contributed by atoms with van der Waals surface area (Å²) < 4.78 is 40.1. The van der Waals surface area contributed by atoms with Crippen molar-refractivity contribution in [2.24, 2.45) is 0 Å². The number of carbonyl (C=O) groups is 1. The first-order valence-electron chi connectivity index (χ1n) is 15.9. The van der Waals surface area contributed by atoms with Crippen molar-refractivity contribution in [2.45, 2.75) is 96.8 Å². The highest BCUT2D eigenvalue weighted by Gasteiger charge is 2.39. The number of allylic oxidation sites excluding steroid dienone is 1. The number of benzene rings is 3. The molecule has 1 unspecified atom stereocenters. The van der Waals surface area contributed by atoms with Crippen LogP contribution in [-0.4, -0.2) is 19.0 Å². The van der Waals surface area contributed by atoms with Crippen LogP contribution in [0.3, 0.4) is 0 Å². The van der Waals surface area contributed by atoms with Gasteiger partial charge in [-0.1, -0.05) is 88.1 Å². The molecule has 0 amide bonds. The molecule has 0 radical (unpaired) electrons. The summed E-state index contributed by atoms with van der Waals surface area (Å²) in [6, 6.07) is 18.1. The van der Waals surface area contributed by atoms with Crippen LogP contribution in [0.25, 0.3) is 0 Å². The van der Waals surface area contributed by atoms with Crippen LogP contribution in [0.4, 0.5) is 14.5 Å². The molecule has 6 heteroatoms. The van der Waals surface area contributed by atoms with Gasteiger partial charge in [-0.05, 0) is 73.1 Å². The summed E-state index contributed by atoms with van der Waals surface area (Å²) in [5.41, 5.74) is 8.80. The Morgan fingerprint density at radius 3 is 2.09 bits per heavy atom. The maximum Gasteiger partial charge on any atom is 0.190 e. The third kappa shape index (κ3) is 9.25. The van der Waals surface area contributed by atoms with Crippen LogP contribution in [0.1, 0.15) is 94.0 Å². The largest absolute Gasteiger partial charge is 0.479 e. The lowest BCUT2D eigenvalue weighted by Crippen LogP contribution is -2.40. The van der Waals surface area contributed by atoms with E-state index in [0.29, 0.717) is 37.3 Å². The topological polar surface area (TPSA) is 61.5 Å². The van der Waals surface area contributed by atoms with E-state index in [1.807, 2.05) is 12.1 Å². The molecule has 3 aromatic rings. The average Bonchev–Trinajstić information content (AvgIpc) is 2.98. The molecule has 1 heterocycles. The zero-order valence-electron chi connectivity index (χ0n) is 26.9. The summed E-state index contributed by atoms with van der Waals surface area (Å²) in [5, 5.41) is 0. The van der Waals surface area contributed by atoms with Crippen molar-refractivity contribution >= 4 is 11.5 Å². The summed E-state index contributed by atoms with van der Waals surface area (Å²) in [6.07, 6.45) is 11.9. The molecule has 1 aliphatic carbocycles. The first-order chi connectivity index (χ1) is 21.1. The number of carbonyl (C=O) groups excluding carboxylic acids is 1. The number of nitrogen functional groups attached to an aromatic ring is 1. The van der Waals surface area contributed by atoms with Crippen molar-refractivity contribution in [2.75, 3.05) is 18.9 Å². The molecule has 1 aliphatic heterocycles. The molecule has 2 aliphatic rings. The Hall–Kier alpha value is -3.51. The SMILES string of the molecule is C1CCC1.C=CCc1ccc(C(C)(F)C(C)=O)cc1.CCc1ccc(C2(Oc3ccc(N)cc3F)CCOCC2)c(CC)c1. The van der Waals surface area contributed by atoms with Gasteiger partial charge in [-0.3, -0.25) is 4.79 Å². The first-order valence-corrected chi connectivity index (χ1v) is 15.9. The number of nitrogens with two attached hydrogens (primary N) is 1. The number of ketones is 1. The number of ether oxygens (including phenoxy) is 2. The van der Waals surface area contributed by atoms with Gasteiger partial charge in [0.1, 0.15) is 5.60 Å². The molecule has 4 nitrogen and oxygen atoms in total. The standard InChI is InChI=1S/C21H26FNO2.C13H15FO.C4H8/c1-3-15-5-7-18(16(4-2)13-15)21(9-11-24-12-10-21)25-20-8-6-17(23)14-19(20)22;1-4-5-11-6-8-12(9-7-11)13(3,14)10(2)15;1-2-4-3-1/h5-8,13-14H,3-4,9-12,23H2,1-2H3;4,6-9H,1,5H2,2-3H3;1-4H2. The normalized spacial score (nSPS) is 16.5. The van der Waals surface area contributed by atoms with Crippen LogP contribution < -0.4 is 10.5 Å². The van der Waals surface area contributed by atoms with Crippen molar-refractivity contribution in [3.05, 3.63) is 107 Å². The summed E-state index contributed by atoms with van der Waals surface area (Å²) in [7, 11) is 0. The molecule has 2 fully saturated rings. The van der Waals surface area contributed by atoms with E-state index in [0.717, 1.165) is 30.4 Å². The molecule has 0 aromatic heterocycles. The molecule has 0 spiro atoms. The Morgan fingerprint density at radius 1 is 0.977 bits per heavy atom. The van der Waals surface area contributed by atoms with Crippen molar-refractivity contribution in [1.82, 2.24) is 0 Å². The van der Waals surface area contributed by atoms with Gasteiger partial charge in [0, 0.05) is 24.6 Å². The molecule has 0 bridgehead atoms. The quantitative estimate of drug-likeness (QED) is 0.195. The van der Waals surface area contributed by atoms with Gasteiger partial charge in [-0.25, -0.2) is 8.78 Å². The highest BCUT2D eigenvalue weighted by Crippen LogP contribution is 2.40. The summed E-state index contributed by atoms with van der Waals surface area (Å²) in [5.74, 6) is -0.647. The second kappa shape index (κ2) is 16.5. The van der Waals surface area contributed by atoms with E-state index < -0.39 is 22.9 Å². The zero-order chi connectivity index (χ0) is 32.2. The van der Waals surface area contributed by atoms with Gasteiger partial charge < -0.3 is 15.2 Å². The van der Waals surface area contributed by atoms with Gasteiger partial charge in [0.2, 0.25) is 0 Å². The summed E-state index contributed by atoms with van der Waals surface area (Å²) >= 11 is 0. The molecular weight excluding hydrogens is 556 g/mol. The zero-order valence-corrected chi connectivity index (χ0v) is 26.9. The highest BCUT2D eigenvalue weighted by molar-refractivity contribution is 5.85. The number of hydrogen-bond acceptors (Lipinski definition) is 4. The van der Waals surface area contributed by atoms with E-state index >= 15 is 0 Å². The lowest BCUT2D eigenvalue weighted by atomic mass is 9.81. The predicted octanol–water partition coefficient (Wildman–Crippen LogP) is 9.37. The second-order valence-electron chi connectivity index (χ2n) is 11.8. The van der Waals surface area contributed by atoms with Gasteiger partial charge in [-0.15, -0.1) is 6.58 Å². The van der Waals surface area contributed by atoms with Crippen molar-refractivity contribution in [3.63, 3.8) is 0 Å². The molecule has 3 aromatic carbocycles. The maximum atomic E-state index is 14.4. The predicted molar refractivity (Wildman–Crippen MR) is 176 cm³/mol. The van der Waals surface area contributed by atoms with Crippen LogP contribution in [0.5, 0.6) is 5.75 Å². The monoisotopic (exact) mass is 605 g/mol. The lowest BCUT2D eigenvalue weighted by Gasteiger charge is -2.39. The smallest absolute Gasteiger partial charge is 0.190 e. The first kappa shape index (κ1) is 35.0. The Kier molecular flexibility index (Phi) is 13.1. The van der Waals surface area contributed by atoms with E-state index in [2.05, 4.69) is 38.6 Å². The minimum Gasteiger partial charge on any atom is -0.479 e. The van der Waals surface area contributed by atoms with E-state index in [9.17, 15) is 13.6 Å². The molecule has 1 atom stereocenters. The number of Topliss-reactive ketones (excluding diaryl/α,β-unsaturated/α-hetero) is 1. The van der Waals surface area contributed by atoms with Crippen LogP contribution in [-0.2, 0) is 40.1 Å². The lowest BCUT2D eigenvalue weighted by molar-refractivity contribution is -0.127. The Bertz CT molecular complexity index is 1350. The highest BCUT2D eigenvalue weighted by atomic mass is 19.1. The third-order valence-electron chi connectivity index (χ3n) is 8.55.